The lowest BCUT2D eigenvalue weighted by molar-refractivity contribution is 0.0473. The van der Waals surface area contributed by atoms with Crippen LogP contribution >= 0.6 is 0 Å². The van der Waals surface area contributed by atoms with E-state index in [1.54, 1.807) is 19.9 Å². The Morgan fingerprint density at radius 3 is 2.52 bits per heavy atom. The second kappa shape index (κ2) is 6.41. The minimum atomic E-state index is -0.523. The molecule has 0 N–H and O–H groups in total. The van der Waals surface area contributed by atoms with Crippen molar-refractivity contribution in [2.45, 2.75) is 39.5 Å². The minimum absolute atomic E-state index is 0.176. The van der Waals surface area contributed by atoms with Gasteiger partial charge in [-0.3, -0.25) is 4.79 Å². The van der Waals surface area contributed by atoms with Crippen molar-refractivity contribution in [3.8, 4) is 0 Å². The average Bonchev–Trinajstić information content (AvgIpc) is 2.90. The second-order valence-electron chi connectivity index (χ2n) is 6.02. The molecular formula is C19H20O4. The Morgan fingerprint density at radius 1 is 1.09 bits per heavy atom. The molecule has 120 valence electrons. The molecule has 0 saturated heterocycles. The normalized spacial score (nSPS) is 13.5. The van der Waals surface area contributed by atoms with Gasteiger partial charge in [-0.25, -0.2) is 4.79 Å². The quantitative estimate of drug-likeness (QED) is 0.636. The molecule has 0 bridgehead atoms. The monoisotopic (exact) mass is 312 g/mol. The Hall–Kier alpha value is -2.36. The summed E-state index contributed by atoms with van der Waals surface area (Å²) >= 11 is 0. The Morgan fingerprint density at radius 2 is 1.83 bits per heavy atom. The molecule has 0 amide bonds. The number of Topliss-reactive ketones (excluding diaryl/α,β-unsaturated/α-hetero) is 1. The van der Waals surface area contributed by atoms with Crippen molar-refractivity contribution in [2.75, 3.05) is 6.61 Å². The number of fused-ring (bicyclic) bond motifs is 1. The molecule has 0 radical (unpaired) electrons. The van der Waals surface area contributed by atoms with E-state index in [1.165, 1.54) is 24.0 Å². The molecule has 0 fully saturated rings. The Kier molecular flexibility index (Phi) is 4.33. The molecule has 0 atom stereocenters. The van der Waals surface area contributed by atoms with E-state index in [1.807, 2.05) is 18.2 Å². The molecule has 0 aliphatic heterocycles. The van der Waals surface area contributed by atoms with Crippen molar-refractivity contribution >= 4 is 11.8 Å². The average molecular weight is 312 g/mol. The van der Waals surface area contributed by atoms with Gasteiger partial charge in [-0.2, -0.15) is 0 Å². The topological polar surface area (TPSA) is 56.5 Å². The fourth-order valence-corrected chi connectivity index (χ4v) is 3.03. The van der Waals surface area contributed by atoms with Crippen LogP contribution in [0, 0.1) is 13.8 Å². The molecule has 3 rings (SSSR count). The molecule has 0 spiro atoms. The number of carbonyl (C=O) groups excluding carboxylic acids is 2. The number of furan rings is 1. The molecular weight excluding hydrogens is 292 g/mol. The maximum Gasteiger partial charge on any atom is 0.342 e. The fourth-order valence-electron chi connectivity index (χ4n) is 3.03. The summed E-state index contributed by atoms with van der Waals surface area (Å²) in [6.45, 7) is 3.22. The number of rotatable bonds is 4. The summed E-state index contributed by atoms with van der Waals surface area (Å²) in [4.78, 5) is 24.3. The van der Waals surface area contributed by atoms with Crippen LogP contribution in [-0.4, -0.2) is 18.4 Å². The van der Waals surface area contributed by atoms with Gasteiger partial charge in [-0.15, -0.1) is 0 Å². The summed E-state index contributed by atoms with van der Waals surface area (Å²) < 4.78 is 10.4. The van der Waals surface area contributed by atoms with Crippen LogP contribution in [0.15, 0.2) is 28.7 Å². The molecule has 0 unspecified atom stereocenters. The third kappa shape index (κ3) is 3.36. The van der Waals surface area contributed by atoms with Crippen molar-refractivity contribution in [3.05, 3.63) is 58.0 Å². The van der Waals surface area contributed by atoms with E-state index < -0.39 is 5.97 Å². The van der Waals surface area contributed by atoms with E-state index in [2.05, 4.69) is 0 Å². The second-order valence-corrected chi connectivity index (χ2v) is 6.02. The van der Waals surface area contributed by atoms with Gasteiger partial charge in [0.05, 0.1) is 0 Å². The first-order chi connectivity index (χ1) is 11.0. The summed E-state index contributed by atoms with van der Waals surface area (Å²) in [6, 6.07) is 7.42. The molecule has 1 aliphatic rings. The lowest BCUT2D eigenvalue weighted by Gasteiger charge is -2.16. The smallest absolute Gasteiger partial charge is 0.342 e. The van der Waals surface area contributed by atoms with E-state index in [-0.39, 0.29) is 12.4 Å². The van der Waals surface area contributed by atoms with E-state index in [0.717, 1.165) is 12.8 Å². The minimum Gasteiger partial charge on any atom is -0.466 e. The van der Waals surface area contributed by atoms with Gasteiger partial charge in [0.1, 0.15) is 17.1 Å². The van der Waals surface area contributed by atoms with Crippen LogP contribution in [0.5, 0.6) is 0 Å². The van der Waals surface area contributed by atoms with Crippen molar-refractivity contribution in [1.29, 1.82) is 0 Å². The van der Waals surface area contributed by atoms with Gasteiger partial charge in [-0.1, -0.05) is 12.1 Å². The fraction of sp³-hybridized carbons (Fsp3) is 0.368. The maximum atomic E-state index is 12.3. The Balaban J connectivity index is 1.65. The lowest BCUT2D eigenvalue weighted by atomic mass is 9.90. The predicted octanol–water partition coefficient (Wildman–Crippen LogP) is 3.81. The summed E-state index contributed by atoms with van der Waals surface area (Å²) in [5.41, 5.74) is 3.56. The van der Waals surface area contributed by atoms with Crippen molar-refractivity contribution in [2.24, 2.45) is 0 Å². The van der Waals surface area contributed by atoms with E-state index in [0.29, 0.717) is 22.6 Å². The van der Waals surface area contributed by atoms with Gasteiger partial charge < -0.3 is 9.15 Å². The van der Waals surface area contributed by atoms with Gasteiger partial charge in [0.25, 0.3) is 0 Å². The highest BCUT2D eigenvalue weighted by Crippen LogP contribution is 2.22. The van der Waals surface area contributed by atoms with Crippen LogP contribution in [0.4, 0.5) is 0 Å². The van der Waals surface area contributed by atoms with Crippen LogP contribution in [-0.2, 0) is 17.6 Å². The number of hydrogen-bond donors (Lipinski definition) is 0. The SMILES string of the molecule is Cc1cc(C(=O)OCC(=O)c2ccc3c(c2)CCCC3)c(C)o1. The molecule has 1 heterocycles. The number of ketones is 1. The standard InChI is InChI=1S/C19H20O4/c1-12-9-17(13(2)23-12)19(21)22-11-18(20)16-8-7-14-5-3-4-6-15(14)10-16/h7-10H,3-6,11H2,1-2H3. The number of esters is 1. The van der Waals surface area contributed by atoms with Gasteiger partial charge in [-0.05, 0) is 62.8 Å². The van der Waals surface area contributed by atoms with Crippen molar-refractivity contribution in [1.82, 2.24) is 0 Å². The van der Waals surface area contributed by atoms with Crippen LogP contribution in [0.1, 0.15) is 56.2 Å². The molecule has 0 saturated carbocycles. The first-order valence-corrected chi connectivity index (χ1v) is 7.94. The highest BCUT2D eigenvalue weighted by molar-refractivity contribution is 5.99. The molecule has 1 aliphatic carbocycles. The van der Waals surface area contributed by atoms with Crippen LogP contribution in [0.2, 0.25) is 0 Å². The largest absolute Gasteiger partial charge is 0.466 e. The third-order valence-electron chi connectivity index (χ3n) is 4.27. The Labute approximate surface area is 135 Å². The zero-order chi connectivity index (χ0) is 16.4. The molecule has 1 aromatic carbocycles. The zero-order valence-corrected chi connectivity index (χ0v) is 13.5. The lowest BCUT2D eigenvalue weighted by Crippen LogP contribution is -2.15. The Bertz CT molecular complexity index is 755. The number of hydrogen-bond acceptors (Lipinski definition) is 4. The van der Waals surface area contributed by atoms with E-state index in [4.69, 9.17) is 9.15 Å². The number of benzene rings is 1. The first-order valence-electron chi connectivity index (χ1n) is 7.94. The van der Waals surface area contributed by atoms with Crippen LogP contribution in [0.25, 0.3) is 0 Å². The van der Waals surface area contributed by atoms with Crippen LogP contribution < -0.4 is 0 Å². The molecule has 4 heteroatoms. The third-order valence-corrected chi connectivity index (χ3v) is 4.27. The zero-order valence-electron chi connectivity index (χ0n) is 13.5. The first kappa shape index (κ1) is 15.5. The van der Waals surface area contributed by atoms with Gasteiger partial charge in [0.15, 0.2) is 12.4 Å². The van der Waals surface area contributed by atoms with Gasteiger partial charge in [0, 0.05) is 5.56 Å². The molecule has 2 aromatic rings. The van der Waals surface area contributed by atoms with E-state index >= 15 is 0 Å². The van der Waals surface area contributed by atoms with E-state index in [9.17, 15) is 9.59 Å². The van der Waals surface area contributed by atoms with Gasteiger partial charge in [0.2, 0.25) is 0 Å². The summed E-state index contributed by atoms with van der Waals surface area (Å²) in [7, 11) is 0. The van der Waals surface area contributed by atoms with Crippen molar-refractivity contribution < 1.29 is 18.7 Å². The highest BCUT2D eigenvalue weighted by atomic mass is 16.5. The number of ether oxygens (including phenoxy) is 1. The molecule has 4 nitrogen and oxygen atoms in total. The summed E-state index contributed by atoms with van der Waals surface area (Å²) in [5.74, 6) is 0.458. The van der Waals surface area contributed by atoms with Crippen LogP contribution in [0.3, 0.4) is 0 Å². The highest BCUT2D eigenvalue weighted by Gasteiger charge is 2.18. The summed E-state index contributed by atoms with van der Waals surface area (Å²) in [5, 5.41) is 0. The summed E-state index contributed by atoms with van der Waals surface area (Å²) in [6.07, 6.45) is 4.47. The number of carbonyl (C=O) groups is 2. The van der Waals surface area contributed by atoms with Gasteiger partial charge >= 0.3 is 5.97 Å². The maximum absolute atomic E-state index is 12.3. The van der Waals surface area contributed by atoms with Crippen molar-refractivity contribution in [3.63, 3.8) is 0 Å². The predicted molar refractivity (Wildman–Crippen MR) is 85.9 cm³/mol. The molecule has 23 heavy (non-hydrogen) atoms. The number of aryl methyl sites for hydroxylation is 4. The molecule has 1 aromatic heterocycles.